The average molecular weight is 373 g/mol. The minimum absolute atomic E-state index is 0. The SMILES string of the molecule is CC(C)CC[C@H](c1cc(F)c(F)c(F)c1)N1CCNCC1.Cl.Cl. The molecule has 23 heavy (non-hydrogen) atoms. The second-order valence-corrected chi connectivity index (χ2v) is 6.07. The summed E-state index contributed by atoms with van der Waals surface area (Å²) in [6.45, 7) is 7.66. The third kappa shape index (κ3) is 6.14. The van der Waals surface area contributed by atoms with Crippen LogP contribution < -0.4 is 5.32 Å². The maximum absolute atomic E-state index is 13.5. The van der Waals surface area contributed by atoms with Gasteiger partial charge in [-0.1, -0.05) is 13.8 Å². The first-order valence-corrected chi connectivity index (χ1v) is 7.58. The fourth-order valence-corrected chi connectivity index (χ4v) is 2.81. The molecule has 1 aromatic rings. The molecule has 1 saturated heterocycles. The molecule has 1 aromatic carbocycles. The van der Waals surface area contributed by atoms with Gasteiger partial charge < -0.3 is 5.32 Å². The van der Waals surface area contributed by atoms with E-state index in [1.807, 2.05) is 0 Å². The summed E-state index contributed by atoms with van der Waals surface area (Å²) in [4.78, 5) is 2.23. The van der Waals surface area contributed by atoms with Crippen molar-refractivity contribution in [3.8, 4) is 0 Å². The quantitative estimate of drug-likeness (QED) is 0.773. The van der Waals surface area contributed by atoms with Crippen LogP contribution in [0.4, 0.5) is 13.2 Å². The highest BCUT2D eigenvalue weighted by atomic mass is 35.5. The van der Waals surface area contributed by atoms with Crippen LogP contribution >= 0.6 is 24.8 Å². The highest BCUT2D eigenvalue weighted by molar-refractivity contribution is 5.85. The second-order valence-electron chi connectivity index (χ2n) is 6.07. The molecule has 0 aliphatic carbocycles. The van der Waals surface area contributed by atoms with E-state index in [0.29, 0.717) is 11.5 Å². The fraction of sp³-hybridized carbons (Fsp3) is 0.625. The second kappa shape index (κ2) is 10.4. The van der Waals surface area contributed by atoms with Crippen LogP contribution in [0.15, 0.2) is 12.1 Å². The smallest absolute Gasteiger partial charge is 0.194 e. The maximum atomic E-state index is 13.5. The molecule has 1 atom stereocenters. The molecular weight excluding hydrogens is 348 g/mol. The lowest BCUT2D eigenvalue weighted by atomic mass is 9.95. The van der Waals surface area contributed by atoms with E-state index >= 15 is 0 Å². The first-order chi connectivity index (χ1) is 9.99. The zero-order valence-electron chi connectivity index (χ0n) is 13.4. The summed E-state index contributed by atoms with van der Waals surface area (Å²) in [5, 5.41) is 3.27. The van der Waals surface area contributed by atoms with Crippen LogP contribution in [0.5, 0.6) is 0 Å². The standard InChI is InChI=1S/C16H23F3N2.2ClH/c1-11(2)3-4-15(21-7-5-20-6-8-21)12-9-13(17)16(19)14(18)10-12;;/h9-11,15,20H,3-8H2,1-2H3;2*1H/t15-;;/m1../s1. The number of rotatable bonds is 5. The van der Waals surface area contributed by atoms with Gasteiger partial charge in [0.15, 0.2) is 17.5 Å². The van der Waals surface area contributed by atoms with Crippen LogP contribution in [0.25, 0.3) is 0 Å². The van der Waals surface area contributed by atoms with Crippen molar-refractivity contribution in [2.24, 2.45) is 5.92 Å². The van der Waals surface area contributed by atoms with E-state index in [9.17, 15) is 13.2 Å². The van der Waals surface area contributed by atoms with E-state index in [0.717, 1.165) is 51.2 Å². The van der Waals surface area contributed by atoms with Crippen LogP contribution in [-0.4, -0.2) is 31.1 Å². The van der Waals surface area contributed by atoms with E-state index < -0.39 is 17.5 Å². The zero-order chi connectivity index (χ0) is 15.4. The molecule has 0 radical (unpaired) electrons. The van der Waals surface area contributed by atoms with Crippen molar-refractivity contribution >= 4 is 24.8 Å². The molecule has 7 heteroatoms. The van der Waals surface area contributed by atoms with Crippen LogP contribution in [0, 0.1) is 23.4 Å². The molecule has 1 N–H and O–H groups in total. The topological polar surface area (TPSA) is 15.3 Å². The number of benzene rings is 1. The first-order valence-electron chi connectivity index (χ1n) is 7.58. The minimum atomic E-state index is -1.39. The Labute approximate surface area is 148 Å². The maximum Gasteiger partial charge on any atom is 0.194 e. The van der Waals surface area contributed by atoms with Crippen LogP contribution in [0.3, 0.4) is 0 Å². The predicted octanol–water partition coefficient (Wildman–Crippen LogP) is 4.33. The lowest BCUT2D eigenvalue weighted by Gasteiger charge is -2.35. The van der Waals surface area contributed by atoms with Crippen molar-refractivity contribution in [1.29, 1.82) is 0 Å². The molecule has 1 heterocycles. The minimum Gasteiger partial charge on any atom is -0.314 e. The van der Waals surface area contributed by atoms with Gasteiger partial charge in [0, 0.05) is 32.2 Å². The van der Waals surface area contributed by atoms with E-state index in [-0.39, 0.29) is 30.9 Å². The molecule has 1 fully saturated rings. The summed E-state index contributed by atoms with van der Waals surface area (Å²) >= 11 is 0. The van der Waals surface area contributed by atoms with E-state index in [1.54, 1.807) is 0 Å². The largest absolute Gasteiger partial charge is 0.314 e. The normalized spacial score (nSPS) is 16.6. The van der Waals surface area contributed by atoms with Gasteiger partial charge in [0.1, 0.15) is 0 Å². The van der Waals surface area contributed by atoms with Crippen molar-refractivity contribution < 1.29 is 13.2 Å². The van der Waals surface area contributed by atoms with Crippen LogP contribution in [0.2, 0.25) is 0 Å². The Morgan fingerprint density at radius 2 is 1.52 bits per heavy atom. The van der Waals surface area contributed by atoms with Gasteiger partial charge >= 0.3 is 0 Å². The molecule has 0 aromatic heterocycles. The molecule has 0 saturated carbocycles. The van der Waals surface area contributed by atoms with E-state index in [1.165, 1.54) is 0 Å². The van der Waals surface area contributed by atoms with Crippen LogP contribution in [-0.2, 0) is 0 Å². The fourth-order valence-electron chi connectivity index (χ4n) is 2.81. The summed E-state index contributed by atoms with van der Waals surface area (Å²) in [6.07, 6.45) is 1.79. The van der Waals surface area contributed by atoms with Gasteiger partial charge in [-0.3, -0.25) is 4.90 Å². The van der Waals surface area contributed by atoms with Crippen molar-refractivity contribution in [3.63, 3.8) is 0 Å². The number of nitrogens with zero attached hydrogens (tertiary/aromatic N) is 1. The van der Waals surface area contributed by atoms with Gasteiger partial charge in [-0.15, -0.1) is 24.8 Å². The number of nitrogens with one attached hydrogen (secondary N) is 1. The highest BCUT2D eigenvalue weighted by Crippen LogP contribution is 2.29. The lowest BCUT2D eigenvalue weighted by molar-refractivity contribution is 0.159. The number of hydrogen-bond donors (Lipinski definition) is 1. The Bertz CT molecular complexity index is 457. The summed E-state index contributed by atoms with van der Waals surface area (Å²) < 4.78 is 40.2. The monoisotopic (exact) mass is 372 g/mol. The Kier molecular flexibility index (Phi) is 10.2. The Morgan fingerprint density at radius 3 is 2.00 bits per heavy atom. The van der Waals surface area contributed by atoms with Crippen LogP contribution in [0.1, 0.15) is 38.3 Å². The molecule has 0 bridgehead atoms. The molecule has 2 nitrogen and oxygen atoms in total. The molecule has 0 spiro atoms. The number of halogens is 5. The van der Waals surface area contributed by atoms with Crippen molar-refractivity contribution in [1.82, 2.24) is 10.2 Å². The third-order valence-corrected chi connectivity index (χ3v) is 4.00. The summed E-state index contributed by atoms with van der Waals surface area (Å²) in [5.41, 5.74) is 0.536. The highest BCUT2D eigenvalue weighted by Gasteiger charge is 2.24. The van der Waals surface area contributed by atoms with Gasteiger partial charge in [-0.05, 0) is 36.5 Å². The van der Waals surface area contributed by atoms with Gasteiger partial charge in [0.2, 0.25) is 0 Å². The summed E-state index contributed by atoms with van der Waals surface area (Å²) in [7, 11) is 0. The summed E-state index contributed by atoms with van der Waals surface area (Å²) in [6, 6.07) is 2.23. The third-order valence-electron chi connectivity index (χ3n) is 4.00. The van der Waals surface area contributed by atoms with Crippen molar-refractivity contribution in [3.05, 3.63) is 35.1 Å². The Balaban J connectivity index is 0.00000242. The molecule has 0 amide bonds. The lowest BCUT2D eigenvalue weighted by Crippen LogP contribution is -2.45. The first kappa shape index (κ1) is 22.5. The average Bonchev–Trinajstić information content (AvgIpc) is 2.45. The Hall–Kier alpha value is -0.490. The van der Waals surface area contributed by atoms with Gasteiger partial charge in [0.05, 0.1) is 0 Å². The van der Waals surface area contributed by atoms with Gasteiger partial charge in [-0.2, -0.15) is 0 Å². The van der Waals surface area contributed by atoms with E-state index in [2.05, 4.69) is 24.1 Å². The number of piperazine rings is 1. The molecule has 0 unspecified atom stereocenters. The van der Waals surface area contributed by atoms with Crippen molar-refractivity contribution in [2.45, 2.75) is 32.7 Å². The van der Waals surface area contributed by atoms with Gasteiger partial charge in [-0.25, -0.2) is 13.2 Å². The molecule has 2 rings (SSSR count). The predicted molar refractivity (Wildman–Crippen MR) is 92.1 cm³/mol. The van der Waals surface area contributed by atoms with Crippen molar-refractivity contribution in [2.75, 3.05) is 26.2 Å². The zero-order valence-corrected chi connectivity index (χ0v) is 15.1. The van der Waals surface area contributed by atoms with Gasteiger partial charge in [0.25, 0.3) is 0 Å². The molecular formula is C16H25Cl2F3N2. The Morgan fingerprint density at radius 1 is 1.00 bits per heavy atom. The molecule has 134 valence electrons. The van der Waals surface area contributed by atoms with E-state index in [4.69, 9.17) is 0 Å². The molecule has 1 aliphatic rings. The summed E-state index contributed by atoms with van der Waals surface area (Å²) in [5.74, 6) is -3.07. The number of hydrogen-bond acceptors (Lipinski definition) is 2. The molecule has 1 aliphatic heterocycles.